The standard InChI is InChI=1S/C25H28N2O7S2/c1-18-16-21(26-24(28)25(2,3)4)23(34-33-5)17-22(18)27(35(29,30)19-12-8-6-9-13-19)36(31,32)20-14-10-7-11-15-20/h6-17H,1-5H3,(H,26,28). The Morgan fingerprint density at radius 2 is 1.31 bits per heavy atom. The van der Waals surface area contributed by atoms with Crippen molar-refractivity contribution in [2.24, 2.45) is 5.41 Å². The summed E-state index contributed by atoms with van der Waals surface area (Å²) in [6.45, 7) is 6.70. The van der Waals surface area contributed by atoms with Gasteiger partial charge in [0, 0.05) is 11.5 Å². The second-order valence-corrected chi connectivity index (χ2v) is 12.7. The zero-order valence-electron chi connectivity index (χ0n) is 20.5. The SMILES string of the molecule is COOc1cc(N(S(=O)(=O)c2ccccc2)S(=O)(=O)c2ccccc2)c(C)cc1NC(=O)C(C)(C)C. The molecule has 0 aliphatic carbocycles. The van der Waals surface area contributed by atoms with Crippen molar-refractivity contribution in [3.8, 4) is 5.75 Å². The van der Waals surface area contributed by atoms with Gasteiger partial charge in [0.1, 0.15) is 0 Å². The summed E-state index contributed by atoms with van der Waals surface area (Å²) in [5.41, 5.74) is -0.492. The Labute approximate surface area is 211 Å². The molecule has 0 unspecified atom stereocenters. The van der Waals surface area contributed by atoms with E-state index in [9.17, 15) is 21.6 Å². The smallest absolute Gasteiger partial charge is 0.277 e. The number of amides is 1. The summed E-state index contributed by atoms with van der Waals surface area (Å²) >= 11 is 0. The molecule has 0 aliphatic heterocycles. The molecule has 3 aromatic carbocycles. The fourth-order valence-corrected chi connectivity index (χ4v) is 7.05. The molecule has 3 aromatic rings. The molecule has 0 aromatic heterocycles. The lowest BCUT2D eigenvalue weighted by Gasteiger charge is -2.27. The van der Waals surface area contributed by atoms with Crippen molar-refractivity contribution in [3.05, 3.63) is 78.4 Å². The van der Waals surface area contributed by atoms with Gasteiger partial charge >= 0.3 is 0 Å². The second-order valence-electron chi connectivity index (χ2n) is 8.92. The van der Waals surface area contributed by atoms with E-state index in [-0.39, 0.29) is 38.4 Å². The summed E-state index contributed by atoms with van der Waals surface area (Å²) in [6.07, 6.45) is 0. The van der Waals surface area contributed by atoms with E-state index >= 15 is 0 Å². The maximum atomic E-state index is 13.8. The Bertz CT molecular complexity index is 1380. The van der Waals surface area contributed by atoms with E-state index in [0.717, 1.165) is 0 Å². The van der Waals surface area contributed by atoms with Crippen molar-refractivity contribution in [3.63, 3.8) is 0 Å². The molecule has 11 heteroatoms. The average molecular weight is 533 g/mol. The first kappa shape index (κ1) is 27.2. The summed E-state index contributed by atoms with van der Waals surface area (Å²) in [6, 6.07) is 17.1. The number of nitrogens with zero attached hydrogens (tertiary/aromatic N) is 1. The molecule has 0 heterocycles. The minimum absolute atomic E-state index is 0.0766. The third kappa shape index (κ3) is 5.53. The zero-order valence-corrected chi connectivity index (χ0v) is 22.2. The predicted molar refractivity (Wildman–Crippen MR) is 137 cm³/mol. The molecule has 36 heavy (non-hydrogen) atoms. The van der Waals surface area contributed by atoms with Crippen molar-refractivity contribution >= 4 is 37.3 Å². The van der Waals surface area contributed by atoms with Crippen LogP contribution in [0, 0.1) is 12.3 Å². The number of anilines is 2. The molecule has 0 radical (unpaired) electrons. The van der Waals surface area contributed by atoms with Gasteiger partial charge in [-0.25, -0.2) is 16.8 Å². The van der Waals surface area contributed by atoms with E-state index in [0.29, 0.717) is 3.71 Å². The van der Waals surface area contributed by atoms with Crippen LogP contribution in [0.1, 0.15) is 26.3 Å². The highest BCUT2D eigenvalue weighted by atomic mass is 32.3. The number of hydrogen-bond acceptors (Lipinski definition) is 7. The summed E-state index contributed by atoms with van der Waals surface area (Å²) in [7, 11) is -7.99. The van der Waals surface area contributed by atoms with Gasteiger partial charge in [-0.3, -0.25) is 4.79 Å². The van der Waals surface area contributed by atoms with E-state index in [1.165, 1.54) is 74.7 Å². The average Bonchev–Trinajstić information content (AvgIpc) is 2.82. The fraction of sp³-hybridized carbons (Fsp3) is 0.240. The Morgan fingerprint density at radius 3 is 1.72 bits per heavy atom. The highest BCUT2D eigenvalue weighted by Crippen LogP contribution is 2.39. The second kappa shape index (κ2) is 10.3. The summed E-state index contributed by atoms with van der Waals surface area (Å²) in [4.78, 5) is 22.1. The van der Waals surface area contributed by atoms with E-state index < -0.39 is 25.5 Å². The van der Waals surface area contributed by atoms with Crippen LogP contribution in [0.2, 0.25) is 0 Å². The van der Waals surface area contributed by atoms with Gasteiger partial charge in [-0.1, -0.05) is 57.2 Å². The highest BCUT2D eigenvalue weighted by Gasteiger charge is 2.38. The molecule has 0 saturated carbocycles. The lowest BCUT2D eigenvalue weighted by molar-refractivity contribution is -0.177. The monoisotopic (exact) mass is 532 g/mol. The number of benzene rings is 3. The molecule has 192 valence electrons. The first-order valence-corrected chi connectivity index (χ1v) is 13.8. The van der Waals surface area contributed by atoms with Crippen LogP contribution in [0.4, 0.5) is 11.4 Å². The number of aryl methyl sites for hydroxylation is 1. The summed E-state index contributed by atoms with van der Waals surface area (Å²) in [5.74, 6) is -0.409. The van der Waals surface area contributed by atoms with Crippen LogP contribution < -0.4 is 13.9 Å². The van der Waals surface area contributed by atoms with Crippen molar-refractivity contribution in [2.45, 2.75) is 37.5 Å². The molecular weight excluding hydrogens is 504 g/mol. The van der Waals surface area contributed by atoms with Crippen LogP contribution in [-0.4, -0.2) is 29.9 Å². The van der Waals surface area contributed by atoms with Crippen molar-refractivity contribution in [2.75, 3.05) is 16.1 Å². The quantitative estimate of drug-likeness (QED) is 0.335. The molecule has 0 fully saturated rings. The Hall–Kier alpha value is -3.41. The first-order valence-electron chi connectivity index (χ1n) is 10.9. The topological polar surface area (TPSA) is 119 Å². The Kier molecular flexibility index (Phi) is 7.77. The van der Waals surface area contributed by atoms with Gasteiger partial charge in [0.15, 0.2) is 5.75 Å². The lowest BCUT2D eigenvalue weighted by Crippen LogP contribution is -2.37. The zero-order chi connectivity index (χ0) is 26.7. The molecular formula is C25H28N2O7S2. The van der Waals surface area contributed by atoms with E-state index in [2.05, 4.69) is 5.32 Å². The maximum absolute atomic E-state index is 13.8. The van der Waals surface area contributed by atoms with Crippen LogP contribution in [0.25, 0.3) is 0 Å². The summed E-state index contributed by atoms with van der Waals surface area (Å²) < 4.78 is 55.5. The molecule has 1 N–H and O–H groups in total. The van der Waals surface area contributed by atoms with Crippen LogP contribution >= 0.6 is 0 Å². The number of carbonyl (C=O) groups is 1. The third-order valence-corrected chi connectivity index (χ3v) is 9.30. The maximum Gasteiger partial charge on any atom is 0.277 e. The molecule has 0 aliphatic rings. The van der Waals surface area contributed by atoms with E-state index in [1.807, 2.05) is 0 Å². The van der Waals surface area contributed by atoms with Gasteiger partial charge in [-0.15, -0.1) is 0 Å². The van der Waals surface area contributed by atoms with Crippen LogP contribution in [0.3, 0.4) is 0 Å². The van der Waals surface area contributed by atoms with Gasteiger partial charge < -0.3 is 10.2 Å². The third-order valence-electron chi connectivity index (χ3n) is 5.12. The number of hydrogen-bond donors (Lipinski definition) is 1. The largest absolute Gasteiger partial charge is 0.336 e. The number of nitrogens with one attached hydrogen (secondary N) is 1. The molecule has 0 atom stereocenters. The van der Waals surface area contributed by atoms with Crippen LogP contribution in [-0.2, 0) is 29.7 Å². The Morgan fingerprint density at radius 1 is 0.833 bits per heavy atom. The lowest BCUT2D eigenvalue weighted by atomic mass is 9.95. The van der Waals surface area contributed by atoms with Gasteiger partial charge in [-0.2, -0.15) is 8.60 Å². The minimum Gasteiger partial charge on any atom is -0.336 e. The molecule has 9 nitrogen and oxygen atoms in total. The highest BCUT2D eigenvalue weighted by molar-refractivity contribution is 8.10. The number of carbonyl (C=O) groups excluding carboxylic acids is 1. The van der Waals surface area contributed by atoms with E-state index in [1.54, 1.807) is 32.9 Å². The Balaban J connectivity index is 2.29. The molecule has 3 rings (SSSR count). The van der Waals surface area contributed by atoms with Gasteiger partial charge in [0.25, 0.3) is 20.0 Å². The molecule has 1 amide bonds. The molecule has 0 bridgehead atoms. The van der Waals surface area contributed by atoms with E-state index in [4.69, 9.17) is 9.78 Å². The number of rotatable bonds is 8. The molecule has 0 spiro atoms. The van der Waals surface area contributed by atoms with Crippen molar-refractivity contribution in [1.29, 1.82) is 0 Å². The van der Waals surface area contributed by atoms with Gasteiger partial charge in [0.2, 0.25) is 5.91 Å². The van der Waals surface area contributed by atoms with Crippen molar-refractivity contribution < 1.29 is 31.4 Å². The van der Waals surface area contributed by atoms with Gasteiger partial charge in [0.05, 0.1) is 28.3 Å². The van der Waals surface area contributed by atoms with Crippen LogP contribution in [0.15, 0.2) is 82.6 Å². The minimum atomic E-state index is -4.61. The molecule has 0 saturated heterocycles. The van der Waals surface area contributed by atoms with Crippen LogP contribution in [0.5, 0.6) is 5.75 Å². The summed E-state index contributed by atoms with van der Waals surface area (Å²) in [5, 5.41) is 2.72. The van der Waals surface area contributed by atoms with Crippen molar-refractivity contribution in [1.82, 2.24) is 0 Å². The normalized spacial score (nSPS) is 12.1. The van der Waals surface area contributed by atoms with Gasteiger partial charge in [-0.05, 0) is 42.8 Å². The predicted octanol–water partition coefficient (Wildman–Crippen LogP) is 4.50. The fourth-order valence-electron chi connectivity index (χ4n) is 3.20. The number of sulfonamides is 2. The first-order chi connectivity index (χ1) is 16.8.